The Balaban J connectivity index is 1.61. The number of carbonyl (C=O) groups excluding carboxylic acids is 1. The number of halogens is 3. The van der Waals surface area contributed by atoms with Crippen molar-refractivity contribution in [3.63, 3.8) is 0 Å². The predicted octanol–water partition coefficient (Wildman–Crippen LogP) is 3.61. The number of para-hydroxylation sites is 1. The lowest BCUT2D eigenvalue weighted by Crippen LogP contribution is -2.24. The molecular weight excluding hydrogens is 407 g/mol. The Morgan fingerprint density at radius 3 is 2.83 bits per heavy atom. The molecule has 4 aromatic rings. The summed E-state index contributed by atoms with van der Waals surface area (Å²) in [5, 5.41) is 6.17. The lowest BCUT2D eigenvalue weighted by atomic mass is 10.2. The van der Waals surface area contributed by atoms with Gasteiger partial charge in [-0.05, 0) is 42.5 Å². The smallest absolute Gasteiger partial charge is 0.387 e. The molecule has 1 amide bonds. The number of alkyl halides is 2. The van der Waals surface area contributed by atoms with Gasteiger partial charge in [-0.3, -0.25) is 9.89 Å². The van der Waals surface area contributed by atoms with Crippen molar-refractivity contribution in [3.8, 4) is 5.75 Å². The van der Waals surface area contributed by atoms with E-state index in [-0.39, 0.29) is 16.9 Å². The van der Waals surface area contributed by atoms with Crippen molar-refractivity contribution in [3.05, 3.63) is 64.4 Å². The molecule has 0 bridgehead atoms. The Kier molecular flexibility index (Phi) is 4.89. The number of hydrogen-bond donors (Lipinski definition) is 2. The van der Waals surface area contributed by atoms with Crippen LogP contribution in [0, 0.1) is 10.6 Å². The molecule has 0 aliphatic carbocycles. The van der Waals surface area contributed by atoms with E-state index in [0.29, 0.717) is 17.0 Å². The number of carbonyl (C=O) groups is 1. The third kappa shape index (κ3) is 3.76. The van der Waals surface area contributed by atoms with Crippen LogP contribution < -0.4 is 10.1 Å². The van der Waals surface area contributed by atoms with Crippen LogP contribution in [0.1, 0.15) is 16.2 Å². The summed E-state index contributed by atoms with van der Waals surface area (Å²) in [7, 11) is 0. The second kappa shape index (κ2) is 7.51. The van der Waals surface area contributed by atoms with Crippen LogP contribution in [0.15, 0.2) is 42.5 Å². The number of H-pyrrole nitrogens is 1. The van der Waals surface area contributed by atoms with Crippen molar-refractivity contribution in [1.82, 2.24) is 24.9 Å². The molecule has 2 aromatic carbocycles. The van der Waals surface area contributed by atoms with Crippen LogP contribution in [-0.2, 0) is 6.54 Å². The van der Waals surface area contributed by atoms with E-state index in [4.69, 9.17) is 12.2 Å². The Morgan fingerprint density at radius 1 is 1.24 bits per heavy atom. The van der Waals surface area contributed by atoms with Crippen LogP contribution in [-0.4, -0.2) is 32.1 Å². The van der Waals surface area contributed by atoms with Gasteiger partial charge in [0.25, 0.3) is 5.91 Å². The molecule has 0 radical (unpaired) electrons. The highest BCUT2D eigenvalue weighted by Gasteiger charge is 2.17. The summed E-state index contributed by atoms with van der Waals surface area (Å²) in [5.74, 6) is -1.65. The van der Waals surface area contributed by atoms with Crippen molar-refractivity contribution < 1.29 is 22.7 Å². The van der Waals surface area contributed by atoms with Crippen LogP contribution in [0.5, 0.6) is 5.75 Å². The molecule has 0 saturated carbocycles. The second-order valence-electron chi connectivity index (χ2n) is 5.94. The van der Waals surface area contributed by atoms with Gasteiger partial charge in [-0.2, -0.15) is 8.78 Å². The minimum Gasteiger partial charge on any atom is -0.434 e. The number of rotatable bonds is 5. The van der Waals surface area contributed by atoms with E-state index in [1.54, 1.807) is 6.07 Å². The second-order valence-corrected chi connectivity index (χ2v) is 6.31. The van der Waals surface area contributed by atoms with Gasteiger partial charge in [-0.1, -0.05) is 12.1 Å². The van der Waals surface area contributed by atoms with E-state index in [9.17, 15) is 18.0 Å². The number of benzene rings is 2. The first-order valence-electron chi connectivity index (χ1n) is 8.31. The summed E-state index contributed by atoms with van der Waals surface area (Å²) in [6.07, 6.45) is 0. The molecule has 0 fully saturated rings. The van der Waals surface area contributed by atoms with Crippen molar-refractivity contribution in [2.45, 2.75) is 13.2 Å². The first-order chi connectivity index (χ1) is 13.9. The normalized spacial score (nSPS) is 11.3. The summed E-state index contributed by atoms with van der Waals surface area (Å²) < 4.78 is 44.5. The highest BCUT2D eigenvalue weighted by atomic mass is 32.1. The monoisotopic (exact) mass is 419 g/mol. The molecule has 2 heterocycles. The van der Waals surface area contributed by atoms with Crippen LogP contribution in [0.25, 0.3) is 16.6 Å². The number of aromatic nitrogens is 4. The standard InChI is InChI=1S/C18H12F3N5O2S/c19-9-5-6-13(28-17(20)21)11(7-9)16(27)22-8-14-24-15-10-3-1-2-4-12(10)23-18(29)26(15)25-14/h1-7,17H,8H2,(H,22,27)(H,24,25). The maximum atomic E-state index is 13.5. The number of nitrogens with one attached hydrogen (secondary N) is 2. The zero-order valence-electron chi connectivity index (χ0n) is 14.5. The van der Waals surface area contributed by atoms with Crippen molar-refractivity contribution in [2.24, 2.45) is 0 Å². The minimum absolute atomic E-state index is 0.0890. The zero-order chi connectivity index (χ0) is 20.5. The van der Waals surface area contributed by atoms with Gasteiger partial charge in [-0.15, -0.1) is 0 Å². The van der Waals surface area contributed by atoms with Gasteiger partial charge in [0.05, 0.1) is 17.6 Å². The Bertz CT molecular complexity index is 1290. The molecular formula is C18H12F3N5O2S. The largest absolute Gasteiger partial charge is 0.434 e. The fourth-order valence-corrected chi connectivity index (χ4v) is 3.06. The average molecular weight is 419 g/mol. The number of nitrogens with zero attached hydrogens (tertiary/aromatic N) is 3. The fourth-order valence-electron chi connectivity index (χ4n) is 2.83. The highest BCUT2D eigenvalue weighted by Crippen LogP contribution is 2.22. The third-order valence-corrected chi connectivity index (χ3v) is 4.34. The summed E-state index contributed by atoms with van der Waals surface area (Å²) in [6, 6.07) is 10.00. The quantitative estimate of drug-likeness (QED) is 0.483. The molecule has 4 rings (SSSR count). The molecule has 0 atom stereocenters. The lowest BCUT2D eigenvalue weighted by molar-refractivity contribution is -0.0502. The number of ether oxygens (including phenoxy) is 1. The number of aromatic amines is 1. The maximum absolute atomic E-state index is 13.5. The van der Waals surface area contributed by atoms with Crippen LogP contribution in [0.3, 0.4) is 0 Å². The van der Waals surface area contributed by atoms with E-state index >= 15 is 0 Å². The van der Waals surface area contributed by atoms with E-state index in [0.717, 1.165) is 23.6 Å². The molecule has 0 aliphatic rings. The van der Waals surface area contributed by atoms with Crippen LogP contribution >= 0.6 is 12.2 Å². The maximum Gasteiger partial charge on any atom is 0.387 e. The van der Waals surface area contributed by atoms with Gasteiger partial charge in [-0.25, -0.2) is 18.9 Å². The zero-order valence-corrected chi connectivity index (χ0v) is 15.3. The predicted molar refractivity (Wildman–Crippen MR) is 99.9 cm³/mol. The first kappa shape index (κ1) is 18.9. The van der Waals surface area contributed by atoms with E-state index < -0.39 is 24.1 Å². The van der Waals surface area contributed by atoms with E-state index in [1.807, 2.05) is 18.2 Å². The van der Waals surface area contributed by atoms with Gasteiger partial charge < -0.3 is 10.1 Å². The molecule has 148 valence electrons. The molecule has 2 N–H and O–H groups in total. The number of hydrogen-bond acceptors (Lipinski definition) is 5. The topological polar surface area (TPSA) is 84.3 Å². The lowest BCUT2D eigenvalue weighted by Gasteiger charge is -2.10. The number of amides is 1. The molecule has 2 aromatic heterocycles. The third-order valence-electron chi connectivity index (χ3n) is 4.06. The summed E-state index contributed by atoms with van der Waals surface area (Å²) >= 11 is 5.24. The molecule has 29 heavy (non-hydrogen) atoms. The Morgan fingerprint density at radius 2 is 2.03 bits per heavy atom. The molecule has 0 saturated heterocycles. The summed E-state index contributed by atoms with van der Waals surface area (Å²) in [5.41, 5.74) is 0.843. The van der Waals surface area contributed by atoms with Crippen LogP contribution in [0.2, 0.25) is 0 Å². The van der Waals surface area contributed by atoms with Gasteiger partial charge in [0.2, 0.25) is 4.77 Å². The minimum atomic E-state index is -3.15. The summed E-state index contributed by atoms with van der Waals surface area (Å²) in [6.45, 7) is -3.24. The fraction of sp³-hybridized carbons (Fsp3) is 0.111. The van der Waals surface area contributed by atoms with Crippen LogP contribution in [0.4, 0.5) is 13.2 Å². The van der Waals surface area contributed by atoms with Crippen molar-refractivity contribution in [2.75, 3.05) is 0 Å². The average Bonchev–Trinajstić information content (AvgIpc) is 3.12. The van der Waals surface area contributed by atoms with Gasteiger partial charge in [0, 0.05) is 5.39 Å². The van der Waals surface area contributed by atoms with Crippen molar-refractivity contribution >= 4 is 34.7 Å². The number of fused-ring (bicyclic) bond motifs is 3. The van der Waals surface area contributed by atoms with Crippen molar-refractivity contribution in [1.29, 1.82) is 0 Å². The Hall–Kier alpha value is -3.47. The molecule has 0 unspecified atom stereocenters. The molecule has 7 nitrogen and oxygen atoms in total. The van der Waals surface area contributed by atoms with Gasteiger partial charge in [0.15, 0.2) is 5.65 Å². The Labute approximate surface area is 166 Å². The van der Waals surface area contributed by atoms with Gasteiger partial charge in [0.1, 0.15) is 17.4 Å². The highest BCUT2D eigenvalue weighted by molar-refractivity contribution is 7.71. The summed E-state index contributed by atoms with van der Waals surface area (Å²) in [4.78, 5) is 21.1. The van der Waals surface area contributed by atoms with E-state index in [2.05, 4.69) is 25.1 Å². The SMILES string of the molecule is O=C(NCc1nc2c3ccccc3nc(=S)n2[nH]1)c1cc(F)ccc1OC(F)F. The van der Waals surface area contributed by atoms with Gasteiger partial charge >= 0.3 is 6.61 Å². The van der Waals surface area contributed by atoms with E-state index in [1.165, 1.54) is 4.52 Å². The molecule has 0 aliphatic heterocycles. The first-order valence-corrected chi connectivity index (χ1v) is 8.72. The molecule has 0 spiro atoms. The molecule has 11 heteroatoms.